The summed E-state index contributed by atoms with van der Waals surface area (Å²) in [4.78, 5) is 0. The van der Waals surface area contributed by atoms with E-state index in [1.54, 1.807) is 6.07 Å². The summed E-state index contributed by atoms with van der Waals surface area (Å²) in [6.45, 7) is 2.28. The van der Waals surface area contributed by atoms with Crippen LogP contribution in [0.5, 0.6) is 11.5 Å². The summed E-state index contributed by atoms with van der Waals surface area (Å²) in [5, 5.41) is 0.642. The number of hydrogen-bond donors (Lipinski definition) is 1. The Morgan fingerprint density at radius 1 is 1.40 bits per heavy atom. The summed E-state index contributed by atoms with van der Waals surface area (Å²) in [5.74, 6) is 1.43. The minimum absolute atomic E-state index is 0. The molecule has 0 saturated heterocycles. The zero-order chi connectivity index (χ0) is 10.1. The van der Waals surface area contributed by atoms with Crippen LogP contribution in [-0.4, -0.2) is 6.79 Å². The molecule has 0 bridgehead atoms. The zero-order valence-corrected chi connectivity index (χ0v) is 9.90. The van der Waals surface area contributed by atoms with Crippen molar-refractivity contribution in [3.05, 3.63) is 22.7 Å². The average Bonchev–Trinajstić information content (AvgIpc) is 2.62. The van der Waals surface area contributed by atoms with Crippen molar-refractivity contribution in [2.24, 2.45) is 5.73 Å². The average molecular weight is 250 g/mol. The Kier molecular flexibility index (Phi) is 4.08. The lowest BCUT2D eigenvalue weighted by Gasteiger charge is -2.11. The first-order valence-corrected chi connectivity index (χ1v) is 4.94. The third-order valence-electron chi connectivity index (χ3n) is 2.33. The standard InChI is InChI=1S/C10H12ClNO2.ClH/c1-2-8(12)6-3-9-10(4-7(6)11)14-5-13-9;/h3-4,8H,2,5,12H2,1H3;1H/t8-;/m0./s1. The van der Waals surface area contributed by atoms with Gasteiger partial charge in [-0.05, 0) is 18.1 Å². The molecule has 0 spiro atoms. The molecule has 0 radical (unpaired) electrons. The van der Waals surface area contributed by atoms with Crippen LogP contribution >= 0.6 is 24.0 Å². The molecule has 5 heteroatoms. The van der Waals surface area contributed by atoms with Gasteiger partial charge in [0.1, 0.15) is 0 Å². The van der Waals surface area contributed by atoms with E-state index in [0.29, 0.717) is 10.8 Å². The van der Waals surface area contributed by atoms with E-state index in [2.05, 4.69) is 0 Å². The van der Waals surface area contributed by atoms with Gasteiger partial charge in [0, 0.05) is 17.1 Å². The molecular formula is C10H13Cl2NO2. The SMILES string of the molecule is CC[C@H](N)c1cc2c(cc1Cl)OCO2.Cl. The van der Waals surface area contributed by atoms with Crippen LogP contribution in [0.2, 0.25) is 5.02 Å². The van der Waals surface area contributed by atoms with E-state index in [1.165, 1.54) is 0 Å². The third kappa shape index (κ3) is 2.30. The molecule has 3 nitrogen and oxygen atoms in total. The fourth-order valence-electron chi connectivity index (χ4n) is 1.44. The molecule has 1 aromatic rings. The summed E-state index contributed by atoms with van der Waals surface area (Å²) >= 11 is 6.07. The quantitative estimate of drug-likeness (QED) is 0.877. The Morgan fingerprint density at radius 2 is 2.00 bits per heavy atom. The highest BCUT2D eigenvalue weighted by atomic mass is 35.5. The van der Waals surface area contributed by atoms with Gasteiger partial charge < -0.3 is 15.2 Å². The molecule has 0 aromatic heterocycles. The highest BCUT2D eigenvalue weighted by Gasteiger charge is 2.18. The molecule has 0 saturated carbocycles. The first kappa shape index (κ1) is 12.4. The van der Waals surface area contributed by atoms with Gasteiger partial charge in [-0.2, -0.15) is 0 Å². The van der Waals surface area contributed by atoms with E-state index < -0.39 is 0 Å². The Labute approximate surface area is 99.9 Å². The van der Waals surface area contributed by atoms with Gasteiger partial charge in [0.05, 0.1) is 0 Å². The Bertz CT molecular complexity index is 358. The second-order valence-electron chi connectivity index (χ2n) is 3.24. The van der Waals surface area contributed by atoms with Gasteiger partial charge in [-0.15, -0.1) is 12.4 Å². The molecule has 0 amide bonds. The first-order valence-electron chi connectivity index (χ1n) is 4.57. The van der Waals surface area contributed by atoms with Crippen molar-refractivity contribution < 1.29 is 9.47 Å². The molecule has 2 rings (SSSR count). The predicted molar refractivity (Wildman–Crippen MR) is 62.0 cm³/mol. The van der Waals surface area contributed by atoms with Crippen LogP contribution in [0.3, 0.4) is 0 Å². The Hall–Kier alpha value is -0.640. The van der Waals surface area contributed by atoms with Crippen LogP contribution in [0.1, 0.15) is 24.9 Å². The number of nitrogens with two attached hydrogens (primary N) is 1. The van der Waals surface area contributed by atoms with Gasteiger partial charge in [0.2, 0.25) is 6.79 Å². The van der Waals surface area contributed by atoms with Crippen molar-refractivity contribution in [1.82, 2.24) is 0 Å². The maximum absolute atomic E-state index is 6.07. The van der Waals surface area contributed by atoms with E-state index in [4.69, 9.17) is 26.8 Å². The number of hydrogen-bond acceptors (Lipinski definition) is 3. The topological polar surface area (TPSA) is 44.5 Å². The Morgan fingerprint density at radius 3 is 2.60 bits per heavy atom. The molecule has 0 fully saturated rings. The van der Waals surface area contributed by atoms with Crippen LogP contribution < -0.4 is 15.2 Å². The van der Waals surface area contributed by atoms with E-state index in [-0.39, 0.29) is 25.2 Å². The number of benzene rings is 1. The second-order valence-corrected chi connectivity index (χ2v) is 3.65. The minimum Gasteiger partial charge on any atom is -0.454 e. The molecule has 1 heterocycles. The summed E-state index contributed by atoms with van der Waals surface area (Å²) in [6, 6.07) is 3.57. The number of fused-ring (bicyclic) bond motifs is 1. The van der Waals surface area contributed by atoms with Crippen LogP contribution in [-0.2, 0) is 0 Å². The number of rotatable bonds is 2. The van der Waals surface area contributed by atoms with Gasteiger partial charge in [0.25, 0.3) is 0 Å². The van der Waals surface area contributed by atoms with Gasteiger partial charge >= 0.3 is 0 Å². The number of ether oxygens (including phenoxy) is 2. The lowest BCUT2D eigenvalue weighted by atomic mass is 10.0. The van der Waals surface area contributed by atoms with Crippen LogP contribution in [0.15, 0.2) is 12.1 Å². The molecular weight excluding hydrogens is 237 g/mol. The summed E-state index contributed by atoms with van der Waals surface area (Å²) < 4.78 is 10.5. The first-order chi connectivity index (χ1) is 6.72. The van der Waals surface area contributed by atoms with Gasteiger partial charge in [-0.3, -0.25) is 0 Å². The van der Waals surface area contributed by atoms with Crippen molar-refractivity contribution in [2.45, 2.75) is 19.4 Å². The van der Waals surface area contributed by atoms with Crippen LogP contribution in [0.25, 0.3) is 0 Å². The van der Waals surface area contributed by atoms with E-state index in [9.17, 15) is 0 Å². The van der Waals surface area contributed by atoms with Crippen molar-refractivity contribution in [3.63, 3.8) is 0 Å². The van der Waals surface area contributed by atoms with Crippen molar-refractivity contribution in [2.75, 3.05) is 6.79 Å². The van der Waals surface area contributed by atoms with E-state index in [0.717, 1.165) is 17.7 Å². The van der Waals surface area contributed by atoms with Crippen LogP contribution in [0.4, 0.5) is 0 Å². The van der Waals surface area contributed by atoms with Gasteiger partial charge in [0.15, 0.2) is 11.5 Å². The third-order valence-corrected chi connectivity index (χ3v) is 2.66. The Balaban J connectivity index is 0.00000112. The maximum atomic E-state index is 6.07. The highest BCUT2D eigenvalue weighted by Crippen LogP contribution is 2.38. The lowest BCUT2D eigenvalue weighted by molar-refractivity contribution is 0.174. The van der Waals surface area contributed by atoms with Crippen molar-refractivity contribution in [1.29, 1.82) is 0 Å². The molecule has 0 unspecified atom stereocenters. The fraction of sp³-hybridized carbons (Fsp3) is 0.400. The smallest absolute Gasteiger partial charge is 0.231 e. The number of halogens is 2. The van der Waals surface area contributed by atoms with Crippen LogP contribution in [0, 0.1) is 0 Å². The molecule has 1 aliphatic heterocycles. The normalized spacial score (nSPS) is 14.6. The highest BCUT2D eigenvalue weighted by molar-refractivity contribution is 6.31. The second kappa shape index (κ2) is 4.92. The van der Waals surface area contributed by atoms with Gasteiger partial charge in [-0.1, -0.05) is 18.5 Å². The van der Waals surface area contributed by atoms with Gasteiger partial charge in [-0.25, -0.2) is 0 Å². The minimum atomic E-state index is -0.0444. The summed E-state index contributed by atoms with van der Waals surface area (Å²) in [6.07, 6.45) is 0.847. The molecule has 15 heavy (non-hydrogen) atoms. The molecule has 1 aromatic carbocycles. The van der Waals surface area contributed by atoms with Crippen molar-refractivity contribution in [3.8, 4) is 11.5 Å². The van der Waals surface area contributed by atoms with E-state index >= 15 is 0 Å². The monoisotopic (exact) mass is 249 g/mol. The lowest BCUT2D eigenvalue weighted by Crippen LogP contribution is -2.09. The molecule has 0 aliphatic carbocycles. The van der Waals surface area contributed by atoms with Crippen molar-refractivity contribution >= 4 is 24.0 Å². The van der Waals surface area contributed by atoms with E-state index in [1.807, 2.05) is 13.0 Å². The largest absolute Gasteiger partial charge is 0.454 e. The predicted octanol–water partition coefficient (Wildman–Crippen LogP) is 2.90. The molecule has 84 valence electrons. The fourth-order valence-corrected chi connectivity index (χ4v) is 1.73. The zero-order valence-electron chi connectivity index (χ0n) is 8.33. The molecule has 1 aliphatic rings. The molecule has 2 N–H and O–H groups in total. The summed E-state index contributed by atoms with van der Waals surface area (Å²) in [5.41, 5.74) is 6.82. The summed E-state index contributed by atoms with van der Waals surface area (Å²) in [7, 11) is 0. The molecule has 1 atom stereocenters. The maximum Gasteiger partial charge on any atom is 0.231 e.